The van der Waals surface area contributed by atoms with Crippen molar-refractivity contribution >= 4 is 5.97 Å². The summed E-state index contributed by atoms with van der Waals surface area (Å²) in [5.74, 6) is -0.765. The molecule has 0 aliphatic heterocycles. The Kier molecular flexibility index (Phi) is 2.96. The fraction of sp³-hybridized carbons (Fsp3) is 0.900. The van der Waals surface area contributed by atoms with E-state index in [4.69, 9.17) is 5.11 Å². The molecular weight excluding hydrogens is 168 g/mol. The molecule has 1 aliphatic rings. The van der Waals surface area contributed by atoms with Gasteiger partial charge in [-0.3, -0.25) is 0 Å². The summed E-state index contributed by atoms with van der Waals surface area (Å²) >= 11 is 0. The zero-order chi connectivity index (χ0) is 10.1. The second-order valence-corrected chi connectivity index (χ2v) is 4.16. The molecule has 3 unspecified atom stereocenters. The Bertz CT molecular complexity index is 198. The van der Waals surface area contributed by atoms with Gasteiger partial charge in [-0.25, -0.2) is 4.79 Å². The molecule has 3 nitrogen and oxygen atoms in total. The van der Waals surface area contributed by atoms with E-state index in [-0.39, 0.29) is 5.92 Å². The first-order valence-corrected chi connectivity index (χ1v) is 4.96. The summed E-state index contributed by atoms with van der Waals surface area (Å²) in [7, 11) is 0. The summed E-state index contributed by atoms with van der Waals surface area (Å²) in [5.41, 5.74) is -1.53. The lowest BCUT2D eigenvalue weighted by atomic mass is 9.80. The molecule has 2 N–H and O–H groups in total. The van der Waals surface area contributed by atoms with Crippen LogP contribution in [0.1, 0.15) is 39.5 Å². The quantitative estimate of drug-likeness (QED) is 0.704. The van der Waals surface area contributed by atoms with Crippen molar-refractivity contribution in [1.29, 1.82) is 0 Å². The minimum atomic E-state index is -1.53. The van der Waals surface area contributed by atoms with Gasteiger partial charge in [0.1, 0.15) is 0 Å². The Labute approximate surface area is 78.8 Å². The lowest BCUT2D eigenvalue weighted by Gasteiger charge is -2.29. The van der Waals surface area contributed by atoms with Crippen molar-refractivity contribution in [3.63, 3.8) is 0 Å². The van der Waals surface area contributed by atoms with Crippen molar-refractivity contribution in [3.8, 4) is 0 Å². The van der Waals surface area contributed by atoms with Crippen molar-refractivity contribution in [2.45, 2.75) is 45.1 Å². The first kappa shape index (κ1) is 10.5. The summed E-state index contributed by atoms with van der Waals surface area (Å²) in [6, 6.07) is 0. The van der Waals surface area contributed by atoms with Crippen LogP contribution in [0.4, 0.5) is 0 Å². The van der Waals surface area contributed by atoms with Crippen LogP contribution < -0.4 is 0 Å². The number of rotatable bonds is 3. The highest BCUT2D eigenvalue weighted by Crippen LogP contribution is 2.40. The summed E-state index contributed by atoms with van der Waals surface area (Å²) in [5, 5.41) is 18.7. The van der Waals surface area contributed by atoms with Crippen LogP contribution in [0.25, 0.3) is 0 Å². The number of aliphatic carboxylic acids is 1. The molecular formula is C10H18O3. The summed E-state index contributed by atoms with van der Waals surface area (Å²) < 4.78 is 0. The first-order chi connectivity index (χ1) is 6.00. The van der Waals surface area contributed by atoms with Crippen LogP contribution in [0.5, 0.6) is 0 Å². The predicted molar refractivity (Wildman–Crippen MR) is 49.4 cm³/mol. The number of hydrogen-bond donors (Lipinski definition) is 2. The maximum Gasteiger partial charge on any atom is 0.335 e. The summed E-state index contributed by atoms with van der Waals surface area (Å²) in [6.45, 7) is 3.48. The number of carboxylic acids is 1. The molecule has 3 atom stereocenters. The van der Waals surface area contributed by atoms with Crippen molar-refractivity contribution in [3.05, 3.63) is 0 Å². The van der Waals surface area contributed by atoms with Crippen molar-refractivity contribution in [2.75, 3.05) is 0 Å². The Hall–Kier alpha value is -0.570. The van der Waals surface area contributed by atoms with Gasteiger partial charge in [-0.15, -0.1) is 0 Å². The Morgan fingerprint density at radius 2 is 2.15 bits per heavy atom. The molecule has 0 amide bonds. The van der Waals surface area contributed by atoms with Crippen molar-refractivity contribution in [1.82, 2.24) is 0 Å². The molecule has 1 rings (SSSR count). The monoisotopic (exact) mass is 186 g/mol. The highest BCUT2D eigenvalue weighted by Gasteiger charge is 2.44. The van der Waals surface area contributed by atoms with Crippen LogP contribution in [0.2, 0.25) is 0 Å². The standard InChI is InChI=1S/C10H18O3/c1-3-7-5-4-6-8(7)10(2,13)9(11)12/h7-8,13H,3-6H2,1-2H3,(H,11,12). The molecule has 0 saturated heterocycles. The molecule has 0 aromatic carbocycles. The van der Waals surface area contributed by atoms with Crippen molar-refractivity contribution in [2.24, 2.45) is 11.8 Å². The van der Waals surface area contributed by atoms with Gasteiger partial charge in [-0.2, -0.15) is 0 Å². The minimum Gasteiger partial charge on any atom is -0.479 e. The molecule has 3 heteroatoms. The smallest absolute Gasteiger partial charge is 0.335 e. The maximum atomic E-state index is 10.8. The SMILES string of the molecule is CCC1CCCC1C(C)(O)C(=O)O. The number of aliphatic hydroxyl groups is 1. The lowest BCUT2D eigenvalue weighted by molar-refractivity contribution is -0.164. The Morgan fingerprint density at radius 1 is 1.54 bits per heavy atom. The molecule has 0 aromatic rings. The van der Waals surface area contributed by atoms with E-state index in [2.05, 4.69) is 6.92 Å². The fourth-order valence-corrected chi connectivity index (χ4v) is 2.42. The molecule has 76 valence electrons. The van der Waals surface area contributed by atoms with Gasteiger partial charge in [-0.1, -0.05) is 26.2 Å². The van der Waals surface area contributed by atoms with E-state index in [1.165, 1.54) is 6.92 Å². The second kappa shape index (κ2) is 3.66. The third-order valence-electron chi connectivity index (χ3n) is 3.34. The van der Waals surface area contributed by atoms with E-state index in [1.54, 1.807) is 0 Å². The summed E-state index contributed by atoms with van der Waals surface area (Å²) in [4.78, 5) is 10.8. The molecule has 0 spiro atoms. The van der Waals surface area contributed by atoms with Gasteiger partial charge in [0.15, 0.2) is 5.60 Å². The van der Waals surface area contributed by atoms with Gasteiger partial charge < -0.3 is 10.2 Å². The van der Waals surface area contributed by atoms with Gasteiger partial charge in [0.25, 0.3) is 0 Å². The maximum absolute atomic E-state index is 10.8. The lowest BCUT2D eigenvalue weighted by Crippen LogP contribution is -2.44. The highest BCUT2D eigenvalue weighted by atomic mass is 16.4. The third kappa shape index (κ3) is 1.85. The van der Waals surface area contributed by atoms with Gasteiger partial charge in [0, 0.05) is 5.92 Å². The summed E-state index contributed by atoms with van der Waals surface area (Å²) in [6.07, 6.45) is 3.92. The zero-order valence-corrected chi connectivity index (χ0v) is 8.29. The van der Waals surface area contributed by atoms with Crippen LogP contribution in [0.3, 0.4) is 0 Å². The second-order valence-electron chi connectivity index (χ2n) is 4.16. The van der Waals surface area contributed by atoms with E-state index in [0.29, 0.717) is 5.92 Å². The molecule has 0 aromatic heterocycles. The van der Waals surface area contributed by atoms with Crippen LogP contribution in [-0.2, 0) is 4.79 Å². The zero-order valence-electron chi connectivity index (χ0n) is 8.29. The van der Waals surface area contributed by atoms with Crippen LogP contribution in [0, 0.1) is 11.8 Å². The van der Waals surface area contributed by atoms with Gasteiger partial charge in [0.05, 0.1) is 0 Å². The van der Waals surface area contributed by atoms with Gasteiger partial charge in [-0.05, 0) is 19.3 Å². The fourth-order valence-electron chi connectivity index (χ4n) is 2.42. The van der Waals surface area contributed by atoms with Crippen LogP contribution >= 0.6 is 0 Å². The molecule has 1 aliphatic carbocycles. The first-order valence-electron chi connectivity index (χ1n) is 4.96. The van der Waals surface area contributed by atoms with E-state index >= 15 is 0 Å². The molecule has 1 fully saturated rings. The van der Waals surface area contributed by atoms with Gasteiger partial charge in [0.2, 0.25) is 0 Å². The Balaban J connectivity index is 2.74. The van der Waals surface area contributed by atoms with E-state index in [1.807, 2.05) is 0 Å². The number of hydrogen-bond acceptors (Lipinski definition) is 2. The van der Waals surface area contributed by atoms with E-state index < -0.39 is 11.6 Å². The topological polar surface area (TPSA) is 57.5 Å². The molecule has 0 bridgehead atoms. The molecule has 1 saturated carbocycles. The Morgan fingerprint density at radius 3 is 2.62 bits per heavy atom. The van der Waals surface area contributed by atoms with E-state index in [9.17, 15) is 9.90 Å². The van der Waals surface area contributed by atoms with Crippen LogP contribution in [0.15, 0.2) is 0 Å². The largest absolute Gasteiger partial charge is 0.479 e. The van der Waals surface area contributed by atoms with Crippen molar-refractivity contribution < 1.29 is 15.0 Å². The molecule has 13 heavy (non-hydrogen) atoms. The average Bonchev–Trinajstić information content (AvgIpc) is 2.51. The average molecular weight is 186 g/mol. The number of carboxylic acid groups (broad SMARTS) is 1. The minimum absolute atomic E-state index is 0.0602. The number of carbonyl (C=O) groups is 1. The third-order valence-corrected chi connectivity index (χ3v) is 3.34. The van der Waals surface area contributed by atoms with Crippen LogP contribution in [-0.4, -0.2) is 21.8 Å². The van der Waals surface area contributed by atoms with Gasteiger partial charge >= 0.3 is 5.97 Å². The predicted octanol–water partition coefficient (Wildman–Crippen LogP) is 1.65. The van der Waals surface area contributed by atoms with E-state index in [0.717, 1.165) is 25.7 Å². The highest BCUT2D eigenvalue weighted by molar-refractivity contribution is 5.77. The molecule has 0 heterocycles. The normalized spacial score (nSPS) is 32.8. The molecule has 0 radical (unpaired) electrons.